The molecule has 1 aliphatic rings. The predicted molar refractivity (Wildman–Crippen MR) is 61.6 cm³/mol. The highest BCUT2D eigenvalue weighted by molar-refractivity contribution is 9.10. The molecule has 86 valence electrons. The van der Waals surface area contributed by atoms with Crippen LogP contribution in [0.5, 0.6) is 0 Å². The minimum atomic E-state index is -0.258. The number of hydrogen-bond acceptors (Lipinski definition) is 2. The zero-order valence-electron chi connectivity index (χ0n) is 8.87. The van der Waals surface area contributed by atoms with E-state index in [9.17, 15) is 9.18 Å². The van der Waals surface area contributed by atoms with E-state index in [1.807, 2.05) is 0 Å². The normalized spacial score (nSPS) is 22.9. The maximum absolute atomic E-state index is 13.6. The van der Waals surface area contributed by atoms with Crippen molar-refractivity contribution >= 4 is 21.9 Å². The van der Waals surface area contributed by atoms with Gasteiger partial charge in [-0.15, -0.1) is 0 Å². The molecule has 2 nitrogen and oxygen atoms in total. The zero-order chi connectivity index (χ0) is 11.7. The summed E-state index contributed by atoms with van der Waals surface area (Å²) in [6.45, 7) is 2.15. The number of ether oxygens (including phenoxy) is 1. The molecule has 2 unspecified atom stereocenters. The van der Waals surface area contributed by atoms with Crippen LogP contribution in [0.1, 0.15) is 24.8 Å². The average molecular weight is 287 g/mol. The van der Waals surface area contributed by atoms with Crippen LogP contribution in [0.4, 0.5) is 4.39 Å². The van der Waals surface area contributed by atoms with Crippen molar-refractivity contribution in [3.8, 4) is 0 Å². The van der Waals surface area contributed by atoms with E-state index in [4.69, 9.17) is 4.74 Å². The quantitative estimate of drug-likeness (QED) is 0.798. The molecule has 0 N–H and O–H groups in total. The molecule has 0 aromatic heterocycles. The van der Waals surface area contributed by atoms with Crippen LogP contribution >= 0.6 is 15.9 Å². The third-order valence-electron chi connectivity index (χ3n) is 2.74. The Kier molecular flexibility index (Phi) is 3.28. The summed E-state index contributed by atoms with van der Waals surface area (Å²) < 4.78 is 19.2. The van der Waals surface area contributed by atoms with Gasteiger partial charge in [0.2, 0.25) is 0 Å². The van der Waals surface area contributed by atoms with Gasteiger partial charge in [-0.05, 0) is 31.0 Å². The number of esters is 1. The Morgan fingerprint density at radius 2 is 2.38 bits per heavy atom. The first-order valence-electron chi connectivity index (χ1n) is 5.25. The third kappa shape index (κ3) is 2.26. The molecule has 1 aromatic carbocycles. The van der Waals surface area contributed by atoms with E-state index in [1.54, 1.807) is 19.1 Å². The molecule has 0 radical (unpaired) electrons. The molecule has 2 rings (SSSR count). The Hall–Kier alpha value is -0.900. The van der Waals surface area contributed by atoms with E-state index in [0.29, 0.717) is 23.1 Å². The lowest BCUT2D eigenvalue weighted by Gasteiger charge is -2.03. The molecule has 0 amide bonds. The van der Waals surface area contributed by atoms with Gasteiger partial charge in [0.15, 0.2) is 0 Å². The number of hydrogen-bond donors (Lipinski definition) is 0. The van der Waals surface area contributed by atoms with Gasteiger partial charge in [-0.2, -0.15) is 0 Å². The molecule has 1 fully saturated rings. The smallest absolute Gasteiger partial charge is 0.309 e. The van der Waals surface area contributed by atoms with E-state index in [-0.39, 0.29) is 23.6 Å². The van der Waals surface area contributed by atoms with Crippen LogP contribution in [0.2, 0.25) is 0 Å². The summed E-state index contributed by atoms with van der Waals surface area (Å²) in [7, 11) is 0. The second-order valence-corrected chi connectivity index (χ2v) is 4.78. The molecule has 0 aliphatic heterocycles. The third-order valence-corrected chi connectivity index (χ3v) is 3.24. The molecule has 0 spiro atoms. The molecule has 2 atom stereocenters. The first-order chi connectivity index (χ1) is 7.63. The zero-order valence-corrected chi connectivity index (χ0v) is 10.5. The molecule has 1 saturated carbocycles. The van der Waals surface area contributed by atoms with Crippen LogP contribution in [-0.2, 0) is 9.53 Å². The van der Waals surface area contributed by atoms with E-state index < -0.39 is 0 Å². The number of rotatable bonds is 3. The van der Waals surface area contributed by atoms with Crippen LogP contribution < -0.4 is 0 Å². The molecular formula is C12H12BrFO2. The van der Waals surface area contributed by atoms with Gasteiger partial charge >= 0.3 is 5.97 Å². The van der Waals surface area contributed by atoms with Gasteiger partial charge in [0.25, 0.3) is 0 Å². The van der Waals surface area contributed by atoms with Crippen molar-refractivity contribution in [3.63, 3.8) is 0 Å². The Labute approximate surface area is 102 Å². The molecule has 0 saturated heterocycles. The fourth-order valence-corrected chi connectivity index (χ4v) is 2.18. The summed E-state index contributed by atoms with van der Waals surface area (Å²) in [6.07, 6.45) is 0.692. The number of carbonyl (C=O) groups is 1. The van der Waals surface area contributed by atoms with E-state index in [1.165, 1.54) is 6.07 Å². The van der Waals surface area contributed by atoms with Crippen molar-refractivity contribution in [2.45, 2.75) is 19.3 Å². The lowest BCUT2D eigenvalue weighted by molar-refractivity contribution is -0.144. The molecule has 16 heavy (non-hydrogen) atoms. The van der Waals surface area contributed by atoms with Crippen LogP contribution in [0, 0.1) is 11.7 Å². The highest BCUT2D eigenvalue weighted by Gasteiger charge is 2.46. The first-order valence-corrected chi connectivity index (χ1v) is 6.04. The van der Waals surface area contributed by atoms with E-state index in [0.717, 1.165) is 0 Å². The Bertz CT molecular complexity index is 419. The van der Waals surface area contributed by atoms with Crippen LogP contribution in [0.25, 0.3) is 0 Å². The van der Waals surface area contributed by atoms with Gasteiger partial charge in [0, 0.05) is 10.4 Å². The summed E-state index contributed by atoms with van der Waals surface area (Å²) in [5.74, 6) is -0.635. The maximum Gasteiger partial charge on any atom is 0.309 e. The SMILES string of the molecule is CCOC(=O)C1CC1c1ccc(Br)cc1F. The summed E-state index contributed by atoms with van der Waals surface area (Å²) in [5, 5.41) is 0. The standard InChI is InChI=1S/C12H12BrFO2/c1-2-16-12(15)10-6-9(10)8-4-3-7(13)5-11(8)14/h3-5,9-10H,2,6H2,1H3. The highest BCUT2D eigenvalue weighted by Crippen LogP contribution is 2.49. The van der Waals surface area contributed by atoms with Crippen molar-refractivity contribution in [1.82, 2.24) is 0 Å². The highest BCUT2D eigenvalue weighted by atomic mass is 79.9. The van der Waals surface area contributed by atoms with Gasteiger partial charge in [-0.25, -0.2) is 4.39 Å². The van der Waals surface area contributed by atoms with Crippen LogP contribution in [0.15, 0.2) is 22.7 Å². The van der Waals surface area contributed by atoms with Crippen molar-refractivity contribution in [3.05, 3.63) is 34.1 Å². The summed E-state index contributed by atoms with van der Waals surface area (Å²) in [5.41, 5.74) is 0.612. The van der Waals surface area contributed by atoms with Crippen molar-refractivity contribution in [2.24, 2.45) is 5.92 Å². The second-order valence-electron chi connectivity index (χ2n) is 3.87. The lowest BCUT2D eigenvalue weighted by atomic mass is 10.1. The van der Waals surface area contributed by atoms with Crippen LogP contribution in [0.3, 0.4) is 0 Å². The van der Waals surface area contributed by atoms with Crippen molar-refractivity contribution < 1.29 is 13.9 Å². The van der Waals surface area contributed by atoms with E-state index >= 15 is 0 Å². The number of carbonyl (C=O) groups excluding carboxylic acids is 1. The lowest BCUT2D eigenvalue weighted by Crippen LogP contribution is -2.07. The molecule has 1 aromatic rings. The predicted octanol–water partition coefficient (Wildman–Crippen LogP) is 3.25. The summed E-state index contributed by atoms with van der Waals surface area (Å²) >= 11 is 3.20. The first kappa shape index (κ1) is 11.6. The fourth-order valence-electron chi connectivity index (χ4n) is 1.85. The second kappa shape index (κ2) is 4.53. The molecule has 0 heterocycles. The topological polar surface area (TPSA) is 26.3 Å². The van der Waals surface area contributed by atoms with Crippen molar-refractivity contribution in [2.75, 3.05) is 6.61 Å². The average Bonchev–Trinajstić information content (AvgIpc) is 2.98. The Morgan fingerprint density at radius 1 is 1.62 bits per heavy atom. The van der Waals surface area contributed by atoms with Gasteiger partial charge in [0.1, 0.15) is 5.82 Å². The fraction of sp³-hybridized carbons (Fsp3) is 0.417. The largest absolute Gasteiger partial charge is 0.466 e. The van der Waals surface area contributed by atoms with Gasteiger partial charge in [-0.1, -0.05) is 22.0 Å². The molecule has 1 aliphatic carbocycles. The van der Waals surface area contributed by atoms with Gasteiger partial charge in [-0.3, -0.25) is 4.79 Å². The molecule has 0 bridgehead atoms. The number of benzene rings is 1. The maximum atomic E-state index is 13.6. The van der Waals surface area contributed by atoms with Crippen LogP contribution in [-0.4, -0.2) is 12.6 Å². The Balaban J connectivity index is 2.08. The van der Waals surface area contributed by atoms with Crippen molar-refractivity contribution in [1.29, 1.82) is 0 Å². The van der Waals surface area contributed by atoms with Gasteiger partial charge in [0.05, 0.1) is 12.5 Å². The minimum absolute atomic E-state index is 0.00727. The van der Waals surface area contributed by atoms with Gasteiger partial charge < -0.3 is 4.74 Å². The monoisotopic (exact) mass is 286 g/mol. The summed E-state index contributed by atoms with van der Waals surface area (Å²) in [4.78, 5) is 11.4. The Morgan fingerprint density at radius 3 is 3.00 bits per heavy atom. The molecular weight excluding hydrogens is 275 g/mol. The summed E-state index contributed by atoms with van der Waals surface area (Å²) in [6, 6.07) is 4.94. The number of halogens is 2. The van der Waals surface area contributed by atoms with E-state index in [2.05, 4.69) is 15.9 Å². The minimum Gasteiger partial charge on any atom is -0.466 e. The molecule has 4 heteroatoms.